The topological polar surface area (TPSA) is 73.6 Å². The molecular formula is C14H26N2O3. The maximum Gasteiger partial charge on any atom is 0.222 e. The van der Waals surface area contributed by atoms with Crippen LogP contribution < -0.4 is 11.1 Å². The number of hydrogen-bond acceptors (Lipinski definition) is 4. The highest BCUT2D eigenvalue weighted by atomic mass is 16.5. The molecule has 0 radical (unpaired) electrons. The third kappa shape index (κ3) is 4.75. The first-order chi connectivity index (χ1) is 9.29. The van der Waals surface area contributed by atoms with Gasteiger partial charge in [0.25, 0.3) is 0 Å². The Morgan fingerprint density at radius 3 is 2.95 bits per heavy atom. The third-order valence-electron chi connectivity index (χ3n) is 4.11. The Labute approximate surface area is 115 Å². The van der Waals surface area contributed by atoms with Crippen LogP contribution in [0.1, 0.15) is 38.5 Å². The predicted octanol–water partition coefficient (Wildman–Crippen LogP) is 0.816. The van der Waals surface area contributed by atoms with Crippen molar-refractivity contribution in [1.82, 2.24) is 5.32 Å². The molecule has 5 nitrogen and oxygen atoms in total. The van der Waals surface area contributed by atoms with Crippen LogP contribution in [-0.2, 0) is 14.3 Å². The third-order valence-corrected chi connectivity index (χ3v) is 4.11. The Bertz CT molecular complexity index is 280. The van der Waals surface area contributed by atoms with Crippen molar-refractivity contribution >= 4 is 5.91 Å². The van der Waals surface area contributed by atoms with Crippen molar-refractivity contribution in [3.05, 3.63) is 0 Å². The first-order valence-electron chi connectivity index (χ1n) is 7.48. The normalized spacial score (nSPS) is 30.7. The zero-order valence-corrected chi connectivity index (χ0v) is 11.6. The lowest BCUT2D eigenvalue weighted by molar-refractivity contribution is -0.123. The smallest absolute Gasteiger partial charge is 0.222 e. The molecule has 1 saturated carbocycles. The Morgan fingerprint density at radius 2 is 2.21 bits per heavy atom. The Hall–Kier alpha value is -0.650. The summed E-state index contributed by atoms with van der Waals surface area (Å²) in [7, 11) is 0. The summed E-state index contributed by atoms with van der Waals surface area (Å²) in [5.74, 6) is 0.537. The van der Waals surface area contributed by atoms with E-state index in [0.29, 0.717) is 32.1 Å². The molecule has 1 aliphatic heterocycles. The van der Waals surface area contributed by atoms with Crippen molar-refractivity contribution in [2.45, 2.75) is 50.7 Å². The van der Waals surface area contributed by atoms with Gasteiger partial charge in [-0.2, -0.15) is 0 Å². The summed E-state index contributed by atoms with van der Waals surface area (Å²) >= 11 is 0. The molecule has 2 aliphatic rings. The highest BCUT2D eigenvalue weighted by Gasteiger charge is 2.27. The van der Waals surface area contributed by atoms with E-state index in [2.05, 4.69) is 5.32 Å². The van der Waals surface area contributed by atoms with E-state index in [1.165, 1.54) is 6.42 Å². The average molecular weight is 270 g/mol. The fraction of sp³-hybridized carbons (Fsp3) is 0.929. The van der Waals surface area contributed by atoms with Crippen LogP contribution >= 0.6 is 0 Å². The molecule has 0 aromatic carbocycles. The van der Waals surface area contributed by atoms with Crippen LogP contribution in [0.5, 0.6) is 0 Å². The molecule has 19 heavy (non-hydrogen) atoms. The quantitative estimate of drug-likeness (QED) is 0.672. The summed E-state index contributed by atoms with van der Waals surface area (Å²) in [5.41, 5.74) is 5.70. The molecule has 2 fully saturated rings. The van der Waals surface area contributed by atoms with Crippen LogP contribution in [0.15, 0.2) is 0 Å². The van der Waals surface area contributed by atoms with E-state index >= 15 is 0 Å². The largest absolute Gasteiger partial charge is 0.378 e. The minimum Gasteiger partial charge on any atom is -0.378 e. The number of amides is 1. The number of carbonyl (C=O) groups is 1. The summed E-state index contributed by atoms with van der Waals surface area (Å²) < 4.78 is 11.0. The molecule has 1 heterocycles. The molecule has 0 bridgehead atoms. The predicted molar refractivity (Wildman–Crippen MR) is 72.7 cm³/mol. The molecule has 3 atom stereocenters. The van der Waals surface area contributed by atoms with Gasteiger partial charge in [-0.05, 0) is 38.1 Å². The van der Waals surface area contributed by atoms with Crippen molar-refractivity contribution in [3.8, 4) is 0 Å². The van der Waals surface area contributed by atoms with Gasteiger partial charge in [-0.15, -0.1) is 0 Å². The second-order valence-corrected chi connectivity index (χ2v) is 5.56. The highest BCUT2D eigenvalue weighted by Crippen LogP contribution is 2.24. The Balaban J connectivity index is 1.54. The van der Waals surface area contributed by atoms with Gasteiger partial charge >= 0.3 is 0 Å². The fourth-order valence-electron chi connectivity index (χ4n) is 2.94. The summed E-state index contributed by atoms with van der Waals surface area (Å²) in [6.45, 7) is 2.60. The van der Waals surface area contributed by atoms with Gasteiger partial charge in [0.05, 0.1) is 19.3 Å². The standard InChI is InChI=1S/C14H26N2O3/c15-9-11-3-1-5-13(11)16-14(17)6-8-18-10-12-4-2-7-19-12/h11-13H,1-10,15H2,(H,16,17). The first-order valence-corrected chi connectivity index (χ1v) is 7.48. The highest BCUT2D eigenvalue weighted by molar-refractivity contribution is 5.76. The van der Waals surface area contributed by atoms with Gasteiger partial charge in [-0.1, -0.05) is 6.42 Å². The van der Waals surface area contributed by atoms with Crippen molar-refractivity contribution in [2.24, 2.45) is 11.7 Å². The van der Waals surface area contributed by atoms with E-state index in [1.54, 1.807) is 0 Å². The zero-order chi connectivity index (χ0) is 13.5. The lowest BCUT2D eigenvalue weighted by atomic mass is 10.0. The minimum absolute atomic E-state index is 0.0812. The Kier molecular flexibility index (Phi) is 6.07. The van der Waals surface area contributed by atoms with E-state index in [-0.39, 0.29) is 18.1 Å². The van der Waals surface area contributed by atoms with E-state index in [0.717, 1.165) is 32.3 Å². The maximum atomic E-state index is 11.8. The molecule has 110 valence electrons. The van der Waals surface area contributed by atoms with Gasteiger partial charge in [0.15, 0.2) is 0 Å². The van der Waals surface area contributed by atoms with Crippen LogP contribution in [0.4, 0.5) is 0 Å². The van der Waals surface area contributed by atoms with Gasteiger partial charge in [0, 0.05) is 19.1 Å². The summed E-state index contributed by atoms with van der Waals surface area (Å²) in [4.78, 5) is 11.8. The Morgan fingerprint density at radius 1 is 1.32 bits per heavy atom. The summed E-state index contributed by atoms with van der Waals surface area (Å²) in [5, 5.41) is 3.08. The minimum atomic E-state index is 0.0812. The molecule has 1 saturated heterocycles. The van der Waals surface area contributed by atoms with E-state index in [1.807, 2.05) is 0 Å². The molecule has 0 aromatic rings. The molecule has 3 unspecified atom stereocenters. The number of ether oxygens (including phenoxy) is 2. The number of nitrogens with two attached hydrogens (primary N) is 1. The second-order valence-electron chi connectivity index (χ2n) is 5.56. The molecule has 0 spiro atoms. The van der Waals surface area contributed by atoms with Crippen LogP contribution in [-0.4, -0.2) is 44.4 Å². The van der Waals surface area contributed by atoms with Gasteiger partial charge < -0.3 is 20.5 Å². The van der Waals surface area contributed by atoms with Gasteiger partial charge in [0.2, 0.25) is 5.91 Å². The molecule has 1 aliphatic carbocycles. The van der Waals surface area contributed by atoms with Gasteiger partial charge in [-0.25, -0.2) is 0 Å². The fourth-order valence-corrected chi connectivity index (χ4v) is 2.94. The maximum absolute atomic E-state index is 11.8. The second kappa shape index (κ2) is 7.82. The molecule has 3 N–H and O–H groups in total. The zero-order valence-electron chi connectivity index (χ0n) is 11.6. The molecule has 1 amide bonds. The van der Waals surface area contributed by atoms with Gasteiger partial charge in [0.1, 0.15) is 0 Å². The van der Waals surface area contributed by atoms with E-state index in [4.69, 9.17) is 15.2 Å². The molecule has 5 heteroatoms. The number of carbonyl (C=O) groups excluding carboxylic acids is 1. The number of hydrogen-bond donors (Lipinski definition) is 2. The number of rotatable bonds is 7. The lowest BCUT2D eigenvalue weighted by Crippen LogP contribution is -2.40. The summed E-state index contributed by atoms with van der Waals surface area (Å²) in [6.07, 6.45) is 6.23. The van der Waals surface area contributed by atoms with E-state index < -0.39 is 0 Å². The van der Waals surface area contributed by atoms with Crippen LogP contribution in [0.25, 0.3) is 0 Å². The molecular weight excluding hydrogens is 244 g/mol. The van der Waals surface area contributed by atoms with Crippen molar-refractivity contribution in [2.75, 3.05) is 26.4 Å². The molecule has 2 rings (SSSR count). The van der Waals surface area contributed by atoms with Crippen molar-refractivity contribution in [3.63, 3.8) is 0 Å². The SMILES string of the molecule is NCC1CCCC1NC(=O)CCOCC1CCCO1. The van der Waals surface area contributed by atoms with Crippen LogP contribution in [0, 0.1) is 5.92 Å². The molecule has 0 aromatic heterocycles. The van der Waals surface area contributed by atoms with Crippen LogP contribution in [0.2, 0.25) is 0 Å². The average Bonchev–Trinajstić information content (AvgIpc) is 3.05. The lowest BCUT2D eigenvalue weighted by Gasteiger charge is -2.19. The number of nitrogens with one attached hydrogen (secondary N) is 1. The summed E-state index contributed by atoms with van der Waals surface area (Å²) in [6, 6.07) is 0.274. The van der Waals surface area contributed by atoms with Gasteiger partial charge in [-0.3, -0.25) is 4.79 Å². The van der Waals surface area contributed by atoms with E-state index in [9.17, 15) is 4.79 Å². The first kappa shape index (κ1) is 14.8. The van der Waals surface area contributed by atoms with Crippen molar-refractivity contribution < 1.29 is 14.3 Å². The monoisotopic (exact) mass is 270 g/mol. The van der Waals surface area contributed by atoms with Crippen LogP contribution in [0.3, 0.4) is 0 Å². The van der Waals surface area contributed by atoms with Crippen molar-refractivity contribution in [1.29, 1.82) is 0 Å².